The Kier molecular flexibility index (Phi) is 6.22. The Morgan fingerprint density at radius 3 is 1.60 bits per heavy atom. The maximum Gasteiger partial charge on any atom is 0.0991 e. The van der Waals surface area contributed by atoms with Crippen LogP contribution in [0.4, 0.5) is 0 Å². The Labute approximate surface area is 277 Å². The molecule has 0 spiro atoms. The van der Waals surface area contributed by atoms with Crippen molar-refractivity contribution in [3.63, 3.8) is 0 Å². The van der Waals surface area contributed by atoms with Crippen LogP contribution >= 0.6 is 0 Å². The van der Waals surface area contributed by atoms with Crippen molar-refractivity contribution in [2.75, 3.05) is 0 Å². The monoisotopic (exact) mass is 610 g/mol. The van der Waals surface area contributed by atoms with Gasteiger partial charge in [-0.3, -0.25) is 0 Å². The van der Waals surface area contributed by atoms with E-state index >= 15 is 0 Å². The molecule has 0 saturated heterocycles. The van der Waals surface area contributed by atoms with Crippen LogP contribution in [0.5, 0.6) is 0 Å². The molecule has 0 amide bonds. The molecular weight excluding hydrogens is 585 g/mol. The van der Waals surface area contributed by atoms with Crippen molar-refractivity contribution >= 4 is 43.6 Å². The largest absolute Gasteiger partial charge is 0.309 e. The van der Waals surface area contributed by atoms with Crippen molar-refractivity contribution in [3.05, 3.63) is 169 Å². The molecule has 222 valence electrons. The molecule has 4 heteroatoms. The lowest BCUT2D eigenvalue weighted by molar-refractivity contribution is 1.18. The van der Waals surface area contributed by atoms with Gasteiger partial charge in [-0.2, -0.15) is 10.5 Å². The van der Waals surface area contributed by atoms with Crippen molar-refractivity contribution < 1.29 is 0 Å². The van der Waals surface area contributed by atoms with E-state index < -0.39 is 0 Å². The third-order valence-electron chi connectivity index (χ3n) is 9.38. The van der Waals surface area contributed by atoms with E-state index in [2.05, 4.69) is 130 Å². The van der Waals surface area contributed by atoms with E-state index in [1.807, 2.05) is 48.5 Å². The van der Waals surface area contributed by atoms with Crippen molar-refractivity contribution in [3.8, 4) is 45.8 Å². The molecular formula is C44H26N4. The van der Waals surface area contributed by atoms with Crippen LogP contribution < -0.4 is 0 Å². The number of hydrogen-bond donors (Lipinski definition) is 0. The normalized spacial score (nSPS) is 11.3. The summed E-state index contributed by atoms with van der Waals surface area (Å²) in [6.07, 6.45) is 0. The summed E-state index contributed by atoms with van der Waals surface area (Å²) in [7, 11) is 0. The Hall–Kier alpha value is -6.88. The van der Waals surface area contributed by atoms with Gasteiger partial charge in [0.25, 0.3) is 0 Å². The average molecular weight is 611 g/mol. The molecule has 2 aromatic heterocycles. The molecule has 48 heavy (non-hydrogen) atoms. The number of hydrogen-bond acceptors (Lipinski definition) is 2. The Balaban J connectivity index is 1.29. The number of benzene rings is 7. The molecule has 2 heterocycles. The highest BCUT2D eigenvalue weighted by molar-refractivity contribution is 6.11. The minimum atomic E-state index is 0.593. The highest BCUT2D eigenvalue weighted by Crippen LogP contribution is 2.41. The van der Waals surface area contributed by atoms with Gasteiger partial charge in [-0.1, -0.05) is 91.0 Å². The summed E-state index contributed by atoms with van der Waals surface area (Å²) in [6, 6.07) is 59.0. The van der Waals surface area contributed by atoms with E-state index in [1.54, 1.807) is 0 Å². The molecule has 0 atom stereocenters. The maximum atomic E-state index is 10.0. The van der Waals surface area contributed by atoms with Crippen molar-refractivity contribution in [2.45, 2.75) is 0 Å². The first-order valence-electron chi connectivity index (χ1n) is 15.9. The first kappa shape index (κ1) is 27.4. The number of fused-ring (bicyclic) bond motifs is 6. The topological polar surface area (TPSA) is 57.4 Å². The molecule has 9 aromatic rings. The minimum absolute atomic E-state index is 0.593. The quantitative estimate of drug-likeness (QED) is 0.199. The Bertz CT molecular complexity index is 2760. The minimum Gasteiger partial charge on any atom is -0.309 e. The van der Waals surface area contributed by atoms with E-state index in [9.17, 15) is 10.5 Å². The molecule has 0 aliphatic rings. The van der Waals surface area contributed by atoms with Gasteiger partial charge in [0.15, 0.2) is 0 Å². The zero-order valence-corrected chi connectivity index (χ0v) is 25.8. The predicted octanol–water partition coefficient (Wildman–Crippen LogP) is 11.0. The summed E-state index contributed by atoms with van der Waals surface area (Å²) in [4.78, 5) is 0. The molecule has 0 bridgehead atoms. The second-order valence-electron chi connectivity index (χ2n) is 12.0. The Morgan fingerprint density at radius 1 is 0.375 bits per heavy atom. The number of aromatic nitrogens is 2. The fourth-order valence-electron chi connectivity index (χ4n) is 7.30. The summed E-state index contributed by atoms with van der Waals surface area (Å²) < 4.78 is 4.60. The molecule has 0 radical (unpaired) electrons. The van der Waals surface area contributed by atoms with Crippen molar-refractivity contribution in [1.82, 2.24) is 9.13 Å². The molecule has 0 aliphatic heterocycles. The number of para-hydroxylation sites is 3. The third kappa shape index (κ3) is 4.14. The summed E-state index contributed by atoms with van der Waals surface area (Å²) in [5.74, 6) is 0. The van der Waals surface area contributed by atoms with Crippen LogP contribution in [-0.2, 0) is 0 Å². The van der Waals surface area contributed by atoms with Gasteiger partial charge in [-0.25, -0.2) is 0 Å². The summed E-state index contributed by atoms with van der Waals surface area (Å²) in [5.41, 5.74) is 11.8. The number of rotatable bonds is 4. The SMILES string of the molecule is N#Cc1ccc(-n2c3ccccc3c3cc(C#N)ccc32)c(-c2ccccc2-c2cccc(-n3c4ccccc4c4ccccc43)c2)c1. The summed E-state index contributed by atoms with van der Waals surface area (Å²) in [5, 5.41) is 24.3. The molecule has 9 rings (SSSR count). The van der Waals surface area contributed by atoms with Gasteiger partial charge >= 0.3 is 0 Å². The van der Waals surface area contributed by atoms with Gasteiger partial charge in [0, 0.05) is 32.8 Å². The third-order valence-corrected chi connectivity index (χ3v) is 9.38. The van der Waals surface area contributed by atoms with Crippen LogP contribution in [0.1, 0.15) is 11.1 Å². The second kappa shape index (κ2) is 10.9. The van der Waals surface area contributed by atoms with Crippen LogP contribution in [0, 0.1) is 22.7 Å². The summed E-state index contributed by atoms with van der Waals surface area (Å²) >= 11 is 0. The average Bonchev–Trinajstić information content (AvgIpc) is 3.67. The number of nitrogens with zero attached hydrogens (tertiary/aromatic N) is 4. The molecule has 4 nitrogen and oxygen atoms in total. The molecule has 0 fully saturated rings. The molecule has 0 N–H and O–H groups in total. The first-order valence-corrected chi connectivity index (χ1v) is 15.9. The van der Waals surface area contributed by atoms with Crippen LogP contribution in [0.3, 0.4) is 0 Å². The standard InChI is InChI=1S/C44H26N4/c45-27-29-20-22-43(48-42-19-8-5-16-37(42)39-25-30(28-46)21-23-44(39)48)38(24-29)34-13-2-1-12-33(34)31-10-9-11-32(26-31)47-40-17-6-3-14-35(40)36-15-4-7-18-41(36)47/h1-26H. The lowest BCUT2D eigenvalue weighted by Crippen LogP contribution is -1.99. The highest BCUT2D eigenvalue weighted by atomic mass is 15.0. The molecule has 7 aromatic carbocycles. The predicted molar refractivity (Wildman–Crippen MR) is 195 cm³/mol. The van der Waals surface area contributed by atoms with Crippen LogP contribution in [-0.4, -0.2) is 9.13 Å². The van der Waals surface area contributed by atoms with Gasteiger partial charge in [0.05, 0.1) is 51.0 Å². The summed E-state index contributed by atoms with van der Waals surface area (Å²) in [6.45, 7) is 0. The van der Waals surface area contributed by atoms with Crippen LogP contribution in [0.2, 0.25) is 0 Å². The Morgan fingerprint density at radius 2 is 0.917 bits per heavy atom. The lowest BCUT2D eigenvalue weighted by atomic mass is 9.92. The fourth-order valence-corrected chi connectivity index (χ4v) is 7.30. The van der Waals surface area contributed by atoms with Gasteiger partial charge in [-0.05, 0) is 83.4 Å². The van der Waals surface area contributed by atoms with E-state index in [0.717, 1.165) is 55.4 Å². The molecule has 0 aliphatic carbocycles. The van der Waals surface area contributed by atoms with Crippen molar-refractivity contribution in [2.24, 2.45) is 0 Å². The van der Waals surface area contributed by atoms with Gasteiger partial charge in [0.2, 0.25) is 0 Å². The second-order valence-corrected chi connectivity index (χ2v) is 12.0. The van der Waals surface area contributed by atoms with Crippen molar-refractivity contribution in [1.29, 1.82) is 10.5 Å². The van der Waals surface area contributed by atoms with Crippen LogP contribution in [0.15, 0.2) is 158 Å². The smallest absolute Gasteiger partial charge is 0.0991 e. The van der Waals surface area contributed by atoms with E-state index in [1.165, 1.54) is 21.8 Å². The maximum absolute atomic E-state index is 10.0. The zero-order valence-electron chi connectivity index (χ0n) is 25.8. The van der Waals surface area contributed by atoms with Gasteiger partial charge in [-0.15, -0.1) is 0 Å². The van der Waals surface area contributed by atoms with Crippen LogP contribution in [0.25, 0.3) is 77.2 Å². The van der Waals surface area contributed by atoms with Gasteiger partial charge in [0.1, 0.15) is 0 Å². The first-order chi connectivity index (χ1) is 23.7. The highest BCUT2D eigenvalue weighted by Gasteiger charge is 2.19. The molecule has 0 saturated carbocycles. The van der Waals surface area contributed by atoms with Gasteiger partial charge < -0.3 is 9.13 Å². The fraction of sp³-hybridized carbons (Fsp3) is 0. The number of nitriles is 2. The van der Waals surface area contributed by atoms with E-state index in [0.29, 0.717) is 11.1 Å². The zero-order chi connectivity index (χ0) is 32.2. The lowest BCUT2D eigenvalue weighted by Gasteiger charge is -2.18. The molecule has 0 unspecified atom stereocenters. The van der Waals surface area contributed by atoms with E-state index in [-0.39, 0.29) is 0 Å². The van der Waals surface area contributed by atoms with E-state index in [4.69, 9.17) is 0 Å².